The Morgan fingerprint density at radius 2 is 1.48 bits per heavy atom. The lowest BCUT2D eigenvalue weighted by molar-refractivity contribution is 0.324. The average Bonchev–Trinajstić information content (AvgIpc) is 3.20. The number of para-hydroxylation sites is 1. The monoisotopic (exact) mass is 467 g/mol. The van der Waals surface area contributed by atoms with Gasteiger partial charge < -0.3 is 24.5 Å². The molecule has 0 saturated heterocycles. The molecular weight excluding hydrogens is 442 g/mol. The van der Waals surface area contributed by atoms with Gasteiger partial charge in [-0.1, -0.05) is 30.3 Å². The molecule has 3 aromatic carbocycles. The average molecular weight is 468 g/mol. The smallest absolute Gasteiger partial charge is 0.229 e. The first kappa shape index (κ1) is 22.3. The zero-order chi connectivity index (χ0) is 23.6. The van der Waals surface area contributed by atoms with Gasteiger partial charge in [-0.3, -0.25) is 4.72 Å². The molecule has 172 valence electrons. The van der Waals surface area contributed by atoms with Crippen molar-refractivity contribution >= 4 is 38.1 Å². The standard InChI is InChI=1S/C24H25N3O5S/c1-30-20-13-18(14-21(31-2)24(20)32-3)25-22-12-16-6-5-7-19(23(16)26-22)15-8-10-17(11-9-15)27-33(4,28)29/h5-14,25-27H,1-4H3. The lowest BCUT2D eigenvalue weighted by atomic mass is 10.0. The molecule has 0 amide bonds. The second-order valence-corrected chi connectivity index (χ2v) is 9.19. The van der Waals surface area contributed by atoms with Gasteiger partial charge in [0.1, 0.15) is 5.82 Å². The van der Waals surface area contributed by atoms with Crippen LogP contribution in [0.5, 0.6) is 17.2 Å². The third-order valence-corrected chi connectivity index (χ3v) is 5.71. The quantitative estimate of drug-likeness (QED) is 0.338. The summed E-state index contributed by atoms with van der Waals surface area (Å²) in [5.41, 5.74) is 4.20. The van der Waals surface area contributed by atoms with Crippen molar-refractivity contribution in [2.24, 2.45) is 0 Å². The fourth-order valence-electron chi connectivity index (χ4n) is 3.70. The molecule has 4 aromatic rings. The first-order valence-electron chi connectivity index (χ1n) is 10.1. The molecule has 8 nitrogen and oxygen atoms in total. The molecule has 9 heteroatoms. The van der Waals surface area contributed by atoms with Crippen molar-refractivity contribution in [3.8, 4) is 28.4 Å². The minimum atomic E-state index is -3.32. The van der Waals surface area contributed by atoms with E-state index in [-0.39, 0.29) is 0 Å². The second kappa shape index (κ2) is 8.95. The van der Waals surface area contributed by atoms with Crippen LogP contribution in [-0.2, 0) is 10.0 Å². The molecule has 0 bridgehead atoms. The van der Waals surface area contributed by atoms with E-state index in [9.17, 15) is 8.42 Å². The molecule has 0 spiro atoms. The summed E-state index contributed by atoms with van der Waals surface area (Å²) in [6.45, 7) is 0. The van der Waals surface area contributed by atoms with Gasteiger partial charge in [0.2, 0.25) is 15.8 Å². The van der Waals surface area contributed by atoms with Crippen LogP contribution >= 0.6 is 0 Å². The van der Waals surface area contributed by atoms with Crippen LogP contribution in [0.15, 0.2) is 60.7 Å². The topological polar surface area (TPSA) is 102 Å². The molecule has 0 saturated carbocycles. The van der Waals surface area contributed by atoms with Crippen molar-refractivity contribution in [2.75, 3.05) is 37.6 Å². The minimum absolute atomic E-state index is 0.518. The Kier molecular flexibility index (Phi) is 6.06. The molecule has 33 heavy (non-hydrogen) atoms. The number of rotatable bonds is 8. The SMILES string of the molecule is COc1cc(Nc2cc3cccc(-c4ccc(NS(C)(=O)=O)cc4)c3[nH]2)cc(OC)c1OC. The van der Waals surface area contributed by atoms with E-state index in [4.69, 9.17) is 14.2 Å². The maximum atomic E-state index is 11.5. The number of benzene rings is 3. The minimum Gasteiger partial charge on any atom is -0.493 e. The summed E-state index contributed by atoms with van der Waals surface area (Å²) in [4.78, 5) is 3.43. The molecule has 0 atom stereocenters. The van der Waals surface area contributed by atoms with Crippen LogP contribution in [-0.4, -0.2) is 41.0 Å². The summed E-state index contributed by atoms with van der Waals surface area (Å²) in [6.07, 6.45) is 1.13. The molecule has 0 aliphatic rings. The van der Waals surface area contributed by atoms with Crippen molar-refractivity contribution in [1.82, 2.24) is 4.98 Å². The van der Waals surface area contributed by atoms with E-state index in [0.717, 1.165) is 39.8 Å². The number of hydrogen-bond donors (Lipinski definition) is 3. The zero-order valence-corrected chi connectivity index (χ0v) is 19.5. The summed E-state index contributed by atoms with van der Waals surface area (Å²) in [7, 11) is 1.40. The van der Waals surface area contributed by atoms with E-state index in [0.29, 0.717) is 22.9 Å². The largest absolute Gasteiger partial charge is 0.493 e. The van der Waals surface area contributed by atoms with Gasteiger partial charge in [0.25, 0.3) is 0 Å². The Labute approximate surface area is 192 Å². The van der Waals surface area contributed by atoms with E-state index in [1.165, 1.54) is 0 Å². The van der Waals surface area contributed by atoms with Crippen LogP contribution < -0.4 is 24.2 Å². The van der Waals surface area contributed by atoms with E-state index in [2.05, 4.69) is 15.0 Å². The Morgan fingerprint density at radius 1 is 0.818 bits per heavy atom. The maximum absolute atomic E-state index is 11.5. The maximum Gasteiger partial charge on any atom is 0.229 e. The number of anilines is 3. The van der Waals surface area contributed by atoms with Crippen LogP contribution in [0.1, 0.15) is 0 Å². The lowest BCUT2D eigenvalue weighted by Crippen LogP contribution is -2.09. The molecule has 1 heterocycles. The summed E-state index contributed by atoms with van der Waals surface area (Å²) in [6, 6.07) is 19.0. The fraction of sp³-hybridized carbons (Fsp3) is 0.167. The van der Waals surface area contributed by atoms with Crippen LogP contribution in [0, 0.1) is 0 Å². The predicted octanol–water partition coefficient (Wildman–Crippen LogP) is 4.98. The van der Waals surface area contributed by atoms with Crippen molar-refractivity contribution in [2.45, 2.75) is 0 Å². The number of H-pyrrole nitrogens is 1. The van der Waals surface area contributed by atoms with Gasteiger partial charge in [-0.15, -0.1) is 0 Å². The number of aromatic nitrogens is 1. The number of aromatic amines is 1. The van der Waals surface area contributed by atoms with Crippen molar-refractivity contribution in [3.05, 3.63) is 60.7 Å². The van der Waals surface area contributed by atoms with Gasteiger partial charge in [-0.25, -0.2) is 8.42 Å². The Balaban J connectivity index is 1.67. The molecule has 0 aliphatic heterocycles. The number of methoxy groups -OCH3 is 3. The van der Waals surface area contributed by atoms with Crippen LogP contribution in [0.3, 0.4) is 0 Å². The fourth-order valence-corrected chi connectivity index (χ4v) is 4.27. The number of ether oxygens (including phenoxy) is 3. The number of fused-ring (bicyclic) bond motifs is 1. The van der Waals surface area contributed by atoms with E-state index < -0.39 is 10.0 Å². The highest BCUT2D eigenvalue weighted by Gasteiger charge is 2.14. The van der Waals surface area contributed by atoms with Gasteiger partial charge in [-0.05, 0) is 23.8 Å². The van der Waals surface area contributed by atoms with Gasteiger partial charge in [-0.2, -0.15) is 0 Å². The number of hydrogen-bond acceptors (Lipinski definition) is 6. The summed E-state index contributed by atoms with van der Waals surface area (Å²) >= 11 is 0. The Bertz CT molecular complexity index is 1370. The first-order valence-corrected chi connectivity index (χ1v) is 12.0. The lowest BCUT2D eigenvalue weighted by Gasteiger charge is -2.14. The highest BCUT2D eigenvalue weighted by Crippen LogP contribution is 2.41. The van der Waals surface area contributed by atoms with Gasteiger partial charge in [0, 0.05) is 34.5 Å². The van der Waals surface area contributed by atoms with Crippen LogP contribution in [0.4, 0.5) is 17.2 Å². The molecule has 0 fully saturated rings. The molecule has 1 aromatic heterocycles. The molecular formula is C24H25N3O5S. The third-order valence-electron chi connectivity index (χ3n) is 5.10. The number of sulfonamides is 1. The highest BCUT2D eigenvalue weighted by molar-refractivity contribution is 7.92. The predicted molar refractivity (Wildman–Crippen MR) is 132 cm³/mol. The van der Waals surface area contributed by atoms with Crippen LogP contribution in [0.25, 0.3) is 22.0 Å². The van der Waals surface area contributed by atoms with E-state index >= 15 is 0 Å². The van der Waals surface area contributed by atoms with Crippen molar-refractivity contribution < 1.29 is 22.6 Å². The first-order chi connectivity index (χ1) is 15.8. The Hall–Kier alpha value is -3.85. The third kappa shape index (κ3) is 4.83. The summed E-state index contributed by atoms with van der Waals surface area (Å²) in [5, 5.41) is 4.39. The molecule has 3 N–H and O–H groups in total. The number of nitrogens with one attached hydrogen (secondary N) is 3. The molecule has 0 radical (unpaired) electrons. The van der Waals surface area contributed by atoms with Gasteiger partial charge in [0.05, 0.1) is 33.1 Å². The summed E-state index contributed by atoms with van der Waals surface area (Å²) < 4.78 is 41.6. The zero-order valence-electron chi connectivity index (χ0n) is 18.7. The van der Waals surface area contributed by atoms with Gasteiger partial charge in [0.15, 0.2) is 11.5 Å². The summed E-state index contributed by atoms with van der Waals surface area (Å²) in [5.74, 6) is 2.43. The van der Waals surface area contributed by atoms with E-state index in [1.807, 2.05) is 48.5 Å². The second-order valence-electron chi connectivity index (χ2n) is 7.44. The van der Waals surface area contributed by atoms with Gasteiger partial charge >= 0.3 is 0 Å². The molecule has 0 aliphatic carbocycles. The molecule has 0 unspecified atom stereocenters. The normalized spacial score (nSPS) is 11.3. The highest BCUT2D eigenvalue weighted by atomic mass is 32.2. The Morgan fingerprint density at radius 3 is 2.06 bits per heavy atom. The van der Waals surface area contributed by atoms with Crippen molar-refractivity contribution in [1.29, 1.82) is 0 Å². The van der Waals surface area contributed by atoms with E-state index in [1.54, 1.807) is 33.5 Å². The van der Waals surface area contributed by atoms with Crippen LogP contribution in [0.2, 0.25) is 0 Å². The van der Waals surface area contributed by atoms with Crippen molar-refractivity contribution in [3.63, 3.8) is 0 Å². The molecule has 4 rings (SSSR count).